The van der Waals surface area contributed by atoms with Crippen molar-refractivity contribution >= 4 is 22.3 Å². The smallest absolute Gasteiger partial charge is 0.101 e. The number of nitriles is 1. The SMILES string of the molecule is C[C@@H]1CN(c2ccc(C#N)c3ncccc23)C[C@@H]2c3ccc(N4CCOC[C@@H](N)C4)cc3CN12. The molecule has 0 bridgehead atoms. The van der Waals surface area contributed by atoms with E-state index >= 15 is 0 Å². The molecule has 0 spiro atoms. The van der Waals surface area contributed by atoms with E-state index in [2.05, 4.69) is 63.0 Å². The van der Waals surface area contributed by atoms with Gasteiger partial charge in [-0.15, -0.1) is 0 Å². The highest BCUT2D eigenvalue weighted by Crippen LogP contribution is 2.42. The van der Waals surface area contributed by atoms with E-state index in [9.17, 15) is 5.26 Å². The van der Waals surface area contributed by atoms with Crippen LogP contribution in [-0.2, 0) is 11.3 Å². The predicted octanol–water partition coefficient (Wildman–Crippen LogP) is 3.04. The number of benzene rings is 2. The first-order valence-electron chi connectivity index (χ1n) is 12.1. The summed E-state index contributed by atoms with van der Waals surface area (Å²) in [5.41, 5.74) is 12.9. The van der Waals surface area contributed by atoms with Crippen LogP contribution in [0, 0.1) is 11.3 Å². The lowest BCUT2D eigenvalue weighted by atomic mass is 9.99. The number of fused-ring (bicyclic) bond motifs is 4. The second-order valence-corrected chi connectivity index (χ2v) is 9.75. The topological polar surface area (TPSA) is 81.6 Å². The molecule has 6 rings (SSSR count). The average Bonchev–Trinajstić information content (AvgIpc) is 3.09. The van der Waals surface area contributed by atoms with Crippen LogP contribution in [0.2, 0.25) is 0 Å². The maximum absolute atomic E-state index is 9.53. The second-order valence-electron chi connectivity index (χ2n) is 9.75. The molecule has 0 unspecified atom stereocenters. The molecule has 7 nitrogen and oxygen atoms in total. The molecule has 0 aliphatic carbocycles. The van der Waals surface area contributed by atoms with Crippen LogP contribution in [0.25, 0.3) is 10.9 Å². The van der Waals surface area contributed by atoms with E-state index in [-0.39, 0.29) is 6.04 Å². The van der Waals surface area contributed by atoms with Crippen molar-refractivity contribution in [3.05, 3.63) is 65.4 Å². The molecule has 174 valence electrons. The van der Waals surface area contributed by atoms with Crippen LogP contribution in [0.1, 0.15) is 29.7 Å². The van der Waals surface area contributed by atoms with Crippen molar-refractivity contribution in [1.29, 1.82) is 5.26 Å². The number of piperazine rings is 1. The van der Waals surface area contributed by atoms with Gasteiger partial charge >= 0.3 is 0 Å². The Bertz CT molecular complexity index is 1270. The minimum atomic E-state index is 0.0485. The highest BCUT2D eigenvalue weighted by atomic mass is 16.5. The number of nitrogens with two attached hydrogens (primary N) is 1. The fraction of sp³-hybridized carbons (Fsp3) is 0.407. The highest BCUT2D eigenvalue weighted by molar-refractivity contribution is 5.95. The molecule has 34 heavy (non-hydrogen) atoms. The number of nitrogens with zero attached hydrogens (tertiary/aromatic N) is 5. The molecule has 2 saturated heterocycles. The van der Waals surface area contributed by atoms with Crippen LogP contribution in [-0.4, -0.2) is 61.4 Å². The number of hydrogen-bond donors (Lipinski definition) is 1. The first-order chi connectivity index (χ1) is 16.6. The van der Waals surface area contributed by atoms with Gasteiger partial charge in [0.15, 0.2) is 0 Å². The highest BCUT2D eigenvalue weighted by Gasteiger charge is 2.39. The van der Waals surface area contributed by atoms with Crippen molar-refractivity contribution in [3.63, 3.8) is 0 Å². The van der Waals surface area contributed by atoms with Crippen molar-refractivity contribution in [2.45, 2.75) is 31.6 Å². The maximum Gasteiger partial charge on any atom is 0.101 e. The Morgan fingerprint density at radius 2 is 2.03 bits per heavy atom. The van der Waals surface area contributed by atoms with Crippen LogP contribution in [0.4, 0.5) is 11.4 Å². The number of rotatable bonds is 2. The third kappa shape index (κ3) is 3.59. The van der Waals surface area contributed by atoms with E-state index < -0.39 is 0 Å². The van der Waals surface area contributed by atoms with Crippen LogP contribution >= 0.6 is 0 Å². The largest absolute Gasteiger partial charge is 0.378 e. The standard InChI is InChI=1S/C27H30N6O/c1-18-13-32(25-7-4-19(12-28)27-24(25)3-2-8-30-27)16-26-23-6-5-22(11-20(23)14-33(18)26)31-9-10-34-17-21(29)15-31/h2-8,11,18,21,26H,9-10,13-17,29H2,1H3/t18-,21+,26-/m1/s1. The predicted molar refractivity (Wildman–Crippen MR) is 134 cm³/mol. The Morgan fingerprint density at radius 3 is 2.91 bits per heavy atom. The van der Waals surface area contributed by atoms with E-state index in [0.717, 1.165) is 55.9 Å². The zero-order valence-electron chi connectivity index (χ0n) is 19.5. The molecule has 3 aliphatic heterocycles. The van der Waals surface area contributed by atoms with Gasteiger partial charge in [-0.2, -0.15) is 5.26 Å². The maximum atomic E-state index is 9.53. The number of aromatic nitrogens is 1. The fourth-order valence-electron chi connectivity index (χ4n) is 5.90. The molecule has 3 atom stereocenters. The summed E-state index contributed by atoms with van der Waals surface area (Å²) in [7, 11) is 0. The summed E-state index contributed by atoms with van der Waals surface area (Å²) in [5, 5.41) is 10.6. The molecule has 1 aromatic heterocycles. The van der Waals surface area contributed by atoms with Gasteiger partial charge in [0, 0.05) is 67.8 Å². The summed E-state index contributed by atoms with van der Waals surface area (Å²) in [5.74, 6) is 0. The molecule has 2 N–H and O–H groups in total. The summed E-state index contributed by atoms with van der Waals surface area (Å²) in [6.45, 7) is 8.24. The molecule has 3 aliphatic rings. The van der Waals surface area contributed by atoms with Crippen LogP contribution in [0.15, 0.2) is 48.7 Å². The third-order valence-electron chi connectivity index (χ3n) is 7.55. The zero-order chi connectivity index (χ0) is 23.2. The van der Waals surface area contributed by atoms with Gasteiger partial charge < -0.3 is 20.3 Å². The van der Waals surface area contributed by atoms with Gasteiger partial charge in [-0.3, -0.25) is 9.88 Å². The van der Waals surface area contributed by atoms with Crippen molar-refractivity contribution < 1.29 is 4.74 Å². The normalized spacial score (nSPS) is 25.0. The van der Waals surface area contributed by atoms with Gasteiger partial charge in [-0.05, 0) is 54.4 Å². The third-order valence-corrected chi connectivity index (χ3v) is 7.55. The Labute approximate surface area is 200 Å². The summed E-state index contributed by atoms with van der Waals surface area (Å²) in [6.07, 6.45) is 1.77. The monoisotopic (exact) mass is 454 g/mol. The summed E-state index contributed by atoms with van der Waals surface area (Å²) in [4.78, 5) is 12.0. The van der Waals surface area contributed by atoms with E-state index in [4.69, 9.17) is 10.5 Å². The molecule has 2 fully saturated rings. The van der Waals surface area contributed by atoms with Crippen LogP contribution in [0.3, 0.4) is 0 Å². The van der Waals surface area contributed by atoms with E-state index in [0.29, 0.717) is 24.3 Å². The first kappa shape index (κ1) is 21.4. The molecule has 2 aromatic carbocycles. The van der Waals surface area contributed by atoms with Crippen LogP contribution < -0.4 is 15.5 Å². The number of ether oxygens (including phenoxy) is 1. The molecule has 0 radical (unpaired) electrons. The number of pyridine rings is 1. The van der Waals surface area contributed by atoms with Crippen LogP contribution in [0.5, 0.6) is 0 Å². The second kappa shape index (κ2) is 8.55. The number of hydrogen-bond acceptors (Lipinski definition) is 7. The van der Waals surface area contributed by atoms with Gasteiger partial charge in [0.05, 0.1) is 30.3 Å². The van der Waals surface area contributed by atoms with Gasteiger partial charge in [-0.25, -0.2) is 0 Å². The zero-order valence-corrected chi connectivity index (χ0v) is 19.5. The minimum absolute atomic E-state index is 0.0485. The summed E-state index contributed by atoms with van der Waals surface area (Å²) >= 11 is 0. The molecular formula is C27H30N6O. The minimum Gasteiger partial charge on any atom is -0.378 e. The quantitative estimate of drug-likeness (QED) is 0.637. The molecule has 4 heterocycles. The van der Waals surface area contributed by atoms with Gasteiger partial charge in [0.2, 0.25) is 0 Å². The van der Waals surface area contributed by atoms with E-state index in [1.807, 2.05) is 12.1 Å². The lowest BCUT2D eigenvalue weighted by molar-refractivity contribution is 0.134. The Morgan fingerprint density at radius 1 is 1.12 bits per heavy atom. The van der Waals surface area contributed by atoms with Gasteiger partial charge in [0.25, 0.3) is 0 Å². The molecule has 0 saturated carbocycles. The Kier molecular flexibility index (Phi) is 5.37. The summed E-state index contributed by atoms with van der Waals surface area (Å²) < 4.78 is 5.64. The van der Waals surface area contributed by atoms with Gasteiger partial charge in [0.1, 0.15) is 6.07 Å². The molecule has 0 amide bonds. The van der Waals surface area contributed by atoms with Crippen molar-refractivity contribution in [2.75, 3.05) is 49.2 Å². The molecular weight excluding hydrogens is 424 g/mol. The lowest BCUT2D eigenvalue weighted by Crippen LogP contribution is -2.51. The first-order valence-corrected chi connectivity index (χ1v) is 12.1. The number of anilines is 2. The Hall–Kier alpha value is -3.18. The van der Waals surface area contributed by atoms with Crippen molar-refractivity contribution in [3.8, 4) is 6.07 Å². The Balaban J connectivity index is 1.31. The van der Waals surface area contributed by atoms with E-state index in [1.54, 1.807) is 6.20 Å². The van der Waals surface area contributed by atoms with Crippen molar-refractivity contribution in [2.24, 2.45) is 5.73 Å². The molecule has 7 heteroatoms. The fourth-order valence-corrected chi connectivity index (χ4v) is 5.90. The van der Waals surface area contributed by atoms with Crippen molar-refractivity contribution in [1.82, 2.24) is 9.88 Å². The van der Waals surface area contributed by atoms with Gasteiger partial charge in [-0.1, -0.05) is 6.07 Å². The summed E-state index contributed by atoms with van der Waals surface area (Å²) in [6, 6.07) is 18.1. The van der Waals surface area contributed by atoms with E-state index in [1.165, 1.54) is 16.8 Å². The average molecular weight is 455 g/mol. The molecule has 3 aromatic rings. The lowest BCUT2D eigenvalue weighted by Gasteiger charge is -2.43.